The van der Waals surface area contributed by atoms with Gasteiger partial charge in [0, 0.05) is 45.5 Å². The molecule has 39 heavy (non-hydrogen) atoms. The van der Waals surface area contributed by atoms with Gasteiger partial charge in [0.2, 0.25) is 11.7 Å². The Morgan fingerprint density at radius 2 is 1.85 bits per heavy atom. The maximum Gasteiger partial charge on any atom is 0.289 e. The van der Waals surface area contributed by atoms with E-state index in [9.17, 15) is 9.59 Å². The number of fused-ring (bicyclic) bond motifs is 1. The summed E-state index contributed by atoms with van der Waals surface area (Å²) >= 11 is 0. The second-order valence-corrected chi connectivity index (χ2v) is 9.84. The van der Waals surface area contributed by atoms with Crippen LogP contribution in [0, 0.1) is 0 Å². The lowest BCUT2D eigenvalue weighted by molar-refractivity contribution is -0.130. The van der Waals surface area contributed by atoms with E-state index in [1.807, 2.05) is 18.2 Å². The second-order valence-electron chi connectivity index (χ2n) is 9.84. The predicted octanol–water partition coefficient (Wildman–Crippen LogP) is 1.84. The minimum Gasteiger partial charge on any atom is -0.481 e. The van der Waals surface area contributed by atoms with Crippen molar-refractivity contribution in [2.75, 3.05) is 51.9 Å². The molecule has 2 fully saturated rings. The highest BCUT2D eigenvalue weighted by Gasteiger charge is 2.26. The van der Waals surface area contributed by atoms with Crippen LogP contribution in [0.1, 0.15) is 36.3 Å². The van der Waals surface area contributed by atoms with Crippen LogP contribution in [-0.4, -0.2) is 95.8 Å². The number of aromatic nitrogens is 4. The number of ether oxygens (including phenoxy) is 3. The number of nitrogens with one attached hydrogen (secondary N) is 1. The summed E-state index contributed by atoms with van der Waals surface area (Å²) in [5.41, 5.74) is 0.852. The third-order valence-corrected chi connectivity index (χ3v) is 6.87. The molecule has 3 aromatic heterocycles. The van der Waals surface area contributed by atoms with Crippen LogP contribution in [0.4, 0.5) is 5.82 Å². The smallest absolute Gasteiger partial charge is 0.289 e. The van der Waals surface area contributed by atoms with Crippen LogP contribution >= 0.6 is 0 Å². The largest absolute Gasteiger partial charge is 0.481 e. The van der Waals surface area contributed by atoms with Crippen LogP contribution in [0.15, 0.2) is 36.8 Å². The lowest BCUT2D eigenvalue weighted by atomic mass is 9.93. The number of hydrogen-bond donors (Lipinski definition) is 1. The summed E-state index contributed by atoms with van der Waals surface area (Å²) in [7, 11) is 3.30. The quantitative estimate of drug-likeness (QED) is 0.456. The van der Waals surface area contributed by atoms with Crippen LogP contribution in [0.2, 0.25) is 0 Å². The van der Waals surface area contributed by atoms with Gasteiger partial charge >= 0.3 is 0 Å². The maximum absolute atomic E-state index is 12.7. The van der Waals surface area contributed by atoms with E-state index in [0.717, 1.165) is 55.5 Å². The molecule has 12 heteroatoms. The monoisotopic (exact) mass is 535 g/mol. The summed E-state index contributed by atoms with van der Waals surface area (Å²) in [6.45, 7) is 2.80. The van der Waals surface area contributed by atoms with Gasteiger partial charge < -0.3 is 29.3 Å². The molecule has 1 aliphatic heterocycles. The van der Waals surface area contributed by atoms with Gasteiger partial charge in [-0.2, -0.15) is 4.98 Å². The number of carbonyl (C=O) groups is 2. The van der Waals surface area contributed by atoms with Gasteiger partial charge in [0.25, 0.3) is 11.8 Å². The summed E-state index contributed by atoms with van der Waals surface area (Å²) in [5, 5.41) is 3.91. The minimum absolute atomic E-state index is 0.000596. The predicted molar refractivity (Wildman–Crippen MR) is 143 cm³/mol. The third kappa shape index (κ3) is 6.69. The first kappa shape index (κ1) is 26.5. The van der Waals surface area contributed by atoms with Crippen LogP contribution in [0.5, 0.6) is 11.6 Å². The molecule has 0 atom stereocenters. The summed E-state index contributed by atoms with van der Waals surface area (Å²) in [4.78, 5) is 45.5. The zero-order valence-corrected chi connectivity index (χ0v) is 22.2. The summed E-state index contributed by atoms with van der Waals surface area (Å²) in [5.74, 6) is 1.31. The molecule has 1 aliphatic carbocycles. The van der Waals surface area contributed by atoms with Gasteiger partial charge in [-0.15, -0.1) is 0 Å². The summed E-state index contributed by atoms with van der Waals surface area (Å²) < 4.78 is 17.3. The van der Waals surface area contributed by atoms with E-state index in [2.05, 4.69) is 25.2 Å². The standard InChI is InChI=1S/C27H33N7O5/c1-33(2)24(35)17-38-20-15-29-25(30-16-20)26(36)31-18-5-7-19(8-6-18)39-27-21-4-3-9-28-22(21)14-23(32-27)34-10-12-37-13-11-34/h3-4,9,14-16,18-19H,5-8,10-13,17H2,1-2H3,(H,31,36)/t18-,19+. The average molecular weight is 536 g/mol. The molecule has 1 N–H and O–H groups in total. The van der Waals surface area contributed by atoms with Crippen LogP contribution in [-0.2, 0) is 9.53 Å². The third-order valence-electron chi connectivity index (χ3n) is 6.87. The van der Waals surface area contributed by atoms with Gasteiger partial charge in [-0.1, -0.05) is 0 Å². The Morgan fingerprint density at radius 1 is 1.10 bits per heavy atom. The summed E-state index contributed by atoms with van der Waals surface area (Å²) in [6, 6.07) is 5.88. The fourth-order valence-corrected chi connectivity index (χ4v) is 4.59. The number of amides is 2. The molecule has 5 rings (SSSR count). The van der Waals surface area contributed by atoms with Crippen molar-refractivity contribution < 1.29 is 23.8 Å². The number of rotatable bonds is 8. The zero-order chi connectivity index (χ0) is 27.2. The van der Waals surface area contributed by atoms with Crippen molar-refractivity contribution in [2.45, 2.75) is 37.8 Å². The molecule has 1 saturated carbocycles. The average Bonchev–Trinajstić information content (AvgIpc) is 2.97. The van der Waals surface area contributed by atoms with Gasteiger partial charge in [-0.05, 0) is 37.8 Å². The van der Waals surface area contributed by atoms with Crippen molar-refractivity contribution in [1.29, 1.82) is 0 Å². The summed E-state index contributed by atoms with van der Waals surface area (Å²) in [6.07, 6.45) is 7.66. The van der Waals surface area contributed by atoms with Crippen molar-refractivity contribution in [3.05, 3.63) is 42.6 Å². The number of pyridine rings is 2. The van der Waals surface area contributed by atoms with Gasteiger partial charge in [0.1, 0.15) is 11.9 Å². The second kappa shape index (κ2) is 12.2. The Balaban J connectivity index is 1.15. The van der Waals surface area contributed by atoms with Gasteiger partial charge in [-0.25, -0.2) is 9.97 Å². The number of carbonyl (C=O) groups excluding carboxylic acids is 2. The molecule has 0 aromatic carbocycles. The Kier molecular flexibility index (Phi) is 8.30. The van der Waals surface area contributed by atoms with E-state index in [0.29, 0.717) is 24.8 Å². The normalized spacial score (nSPS) is 19.4. The highest BCUT2D eigenvalue weighted by Crippen LogP contribution is 2.31. The molecule has 0 radical (unpaired) electrons. The molecular formula is C27H33N7O5. The molecule has 0 spiro atoms. The molecular weight excluding hydrogens is 502 g/mol. The fourth-order valence-electron chi connectivity index (χ4n) is 4.59. The van der Waals surface area contributed by atoms with Crippen LogP contribution in [0.3, 0.4) is 0 Å². The number of anilines is 1. The molecule has 2 amide bonds. The fraction of sp³-hybridized carbons (Fsp3) is 0.481. The molecule has 2 aliphatic rings. The molecule has 3 aromatic rings. The van der Waals surface area contributed by atoms with Crippen LogP contribution < -0.4 is 19.7 Å². The number of likely N-dealkylation sites (N-methyl/N-ethyl adjacent to an activating group) is 1. The maximum atomic E-state index is 12.7. The van der Waals surface area contributed by atoms with Gasteiger partial charge in [0.15, 0.2) is 12.4 Å². The lowest BCUT2D eigenvalue weighted by Crippen LogP contribution is -2.40. The Labute approximate surface area is 226 Å². The molecule has 206 valence electrons. The van der Waals surface area contributed by atoms with Crippen molar-refractivity contribution in [3.63, 3.8) is 0 Å². The van der Waals surface area contributed by atoms with Crippen LogP contribution in [0.25, 0.3) is 10.9 Å². The first-order valence-electron chi connectivity index (χ1n) is 13.2. The Morgan fingerprint density at radius 3 is 2.56 bits per heavy atom. The lowest BCUT2D eigenvalue weighted by Gasteiger charge is -2.30. The first-order chi connectivity index (χ1) is 19.0. The van der Waals surface area contributed by atoms with E-state index < -0.39 is 0 Å². The first-order valence-corrected chi connectivity index (χ1v) is 13.2. The van der Waals surface area contributed by atoms with Gasteiger partial charge in [-0.3, -0.25) is 14.6 Å². The minimum atomic E-state index is -0.341. The number of hydrogen-bond acceptors (Lipinski definition) is 10. The van der Waals surface area contributed by atoms with E-state index in [-0.39, 0.29) is 36.4 Å². The highest BCUT2D eigenvalue weighted by molar-refractivity contribution is 5.90. The van der Waals surface area contributed by atoms with Crippen molar-refractivity contribution in [2.24, 2.45) is 0 Å². The van der Waals surface area contributed by atoms with E-state index in [4.69, 9.17) is 19.2 Å². The molecule has 0 bridgehead atoms. The van der Waals surface area contributed by atoms with Crippen molar-refractivity contribution in [1.82, 2.24) is 30.2 Å². The van der Waals surface area contributed by atoms with E-state index >= 15 is 0 Å². The van der Waals surface area contributed by atoms with Crippen molar-refractivity contribution in [3.8, 4) is 11.6 Å². The molecule has 4 heterocycles. The Bertz CT molecular complexity index is 1290. The van der Waals surface area contributed by atoms with E-state index in [1.54, 1.807) is 20.3 Å². The number of morpholine rings is 1. The molecule has 1 saturated heterocycles. The highest BCUT2D eigenvalue weighted by atomic mass is 16.5. The molecule has 0 unspecified atom stereocenters. The molecule has 12 nitrogen and oxygen atoms in total. The van der Waals surface area contributed by atoms with E-state index in [1.165, 1.54) is 17.3 Å². The van der Waals surface area contributed by atoms with Crippen molar-refractivity contribution >= 4 is 28.5 Å². The Hall–Kier alpha value is -4.06. The topological polar surface area (TPSA) is 132 Å². The zero-order valence-electron chi connectivity index (χ0n) is 22.2. The number of nitrogens with zero attached hydrogens (tertiary/aromatic N) is 6. The SMILES string of the molecule is CN(C)C(=O)COc1cnc(C(=O)N[C@H]2CC[C@@H](Oc3nc(N4CCOCC4)cc4ncccc34)CC2)nc1. The van der Waals surface area contributed by atoms with Gasteiger partial charge in [0.05, 0.1) is 36.5 Å².